The second-order valence-corrected chi connectivity index (χ2v) is 7.81. The van der Waals surface area contributed by atoms with Crippen LogP contribution in [0.2, 0.25) is 0 Å². The average Bonchev–Trinajstić information content (AvgIpc) is 2.86. The molecular formula is C27H31N3O4. The quantitative estimate of drug-likeness (QED) is 0.450. The number of rotatable bonds is 9. The molecule has 1 aromatic heterocycles. The Morgan fingerprint density at radius 2 is 1.56 bits per heavy atom. The minimum absolute atomic E-state index is 0.126. The van der Waals surface area contributed by atoms with Gasteiger partial charge in [-0.3, -0.25) is 4.79 Å². The van der Waals surface area contributed by atoms with E-state index in [0.717, 1.165) is 18.1 Å². The smallest absolute Gasteiger partial charge is 0.258 e. The third-order valence-corrected chi connectivity index (χ3v) is 5.57. The second kappa shape index (κ2) is 10.9. The Labute approximate surface area is 200 Å². The molecule has 7 nitrogen and oxygen atoms in total. The van der Waals surface area contributed by atoms with Gasteiger partial charge in [-0.1, -0.05) is 30.3 Å². The number of anilines is 2. The maximum absolute atomic E-state index is 13.7. The number of ether oxygens (including phenoxy) is 3. The van der Waals surface area contributed by atoms with Gasteiger partial charge in [0.1, 0.15) is 0 Å². The summed E-state index contributed by atoms with van der Waals surface area (Å²) < 4.78 is 17.4. The van der Waals surface area contributed by atoms with E-state index in [1.807, 2.05) is 51.1 Å². The zero-order valence-corrected chi connectivity index (χ0v) is 20.0. The van der Waals surface area contributed by atoms with Crippen LogP contribution in [-0.4, -0.2) is 43.8 Å². The van der Waals surface area contributed by atoms with Crippen LogP contribution in [0.4, 0.5) is 11.5 Å². The molecule has 0 atom stereocenters. The highest BCUT2D eigenvalue weighted by Crippen LogP contribution is 2.40. The lowest BCUT2D eigenvalue weighted by Gasteiger charge is -2.36. The third-order valence-electron chi connectivity index (χ3n) is 5.57. The van der Waals surface area contributed by atoms with Gasteiger partial charge >= 0.3 is 0 Å². The van der Waals surface area contributed by atoms with Crippen molar-refractivity contribution in [2.75, 3.05) is 42.7 Å². The maximum Gasteiger partial charge on any atom is 0.258 e. The van der Waals surface area contributed by atoms with Crippen LogP contribution < -0.4 is 24.0 Å². The predicted octanol–water partition coefficient (Wildman–Crippen LogP) is 4.94. The van der Waals surface area contributed by atoms with E-state index in [1.54, 1.807) is 23.2 Å². The fraction of sp³-hybridized carbons (Fsp3) is 0.333. The van der Waals surface area contributed by atoms with Crippen LogP contribution in [0.15, 0.2) is 60.8 Å². The van der Waals surface area contributed by atoms with Gasteiger partial charge in [-0.2, -0.15) is 0 Å². The number of hydrogen-bond acceptors (Lipinski definition) is 6. The van der Waals surface area contributed by atoms with Crippen LogP contribution in [-0.2, 0) is 6.54 Å². The van der Waals surface area contributed by atoms with E-state index in [1.165, 1.54) is 5.56 Å². The molecule has 7 heteroatoms. The van der Waals surface area contributed by atoms with Gasteiger partial charge in [0.05, 0.1) is 25.5 Å². The molecule has 0 saturated carbocycles. The van der Waals surface area contributed by atoms with E-state index >= 15 is 0 Å². The van der Waals surface area contributed by atoms with Crippen LogP contribution in [0.25, 0.3) is 0 Å². The van der Waals surface area contributed by atoms with Gasteiger partial charge in [0.2, 0.25) is 5.75 Å². The molecule has 0 saturated heterocycles. The molecule has 178 valence electrons. The van der Waals surface area contributed by atoms with Gasteiger partial charge in [0, 0.05) is 31.4 Å². The van der Waals surface area contributed by atoms with E-state index in [-0.39, 0.29) is 5.91 Å². The Morgan fingerprint density at radius 3 is 2.21 bits per heavy atom. The zero-order chi connectivity index (χ0) is 23.9. The normalized spacial score (nSPS) is 12.8. The first-order chi connectivity index (χ1) is 16.7. The summed E-state index contributed by atoms with van der Waals surface area (Å²) in [5, 5.41) is 0. The monoisotopic (exact) mass is 461 g/mol. The van der Waals surface area contributed by atoms with Crippen molar-refractivity contribution in [2.24, 2.45) is 0 Å². The molecule has 2 aromatic carbocycles. The first-order valence-corrected chi connectivity index (χ1v) is 11.8. The highest BCUT2D eigenvalue weighted by atomic mass is 16.5. The van der Waals surface area contributed by atoms with Gasteiger partial charge in [-0.15, -0.1) is 0 Å². The summed E-state index contributed by atoms with van der Waals surface area (Å²) in [5.74, 6) is 2.21. The molecule has 0 spiro atoms. The van der Waals surface area contributed by atoms with Crippen molar-refractivity contribution < 1.29 is 19.0 Å². The highest BCUT2D eigenvalue weighted by molar-refractivity contribution is 6.08. The van der Waals surface area contributed by atoms with Gasteiger partial charge in [-0.25, -0.2) is 4.98 Å². The Hall–Kier alpha value is -3.74. The topological polar surface area (TPSA) is 64.1 Å². The van der Waals surface area contributed by atoms with Crippen LogP contribution in [0.3, 0.4) is 0 Å². The number of pyridine rings is 1. The highest BCUT2D eigenvalue weighted by Gasteiger charge is 2.30. The van der Waals surface area contributed by atoms with Crippen LogP contribution in [0.5, 0.6) is 17.2 Å². The van der Waals surface area contributed by atoms with Gasteiger partial charge in [-0.05, 0) is 50.6 Å². The summed E-state index contributed by atoms with van der Waals surface area (Å²) in [6.07, 6.45) is 1.77. The van der Waals surface area contributed by atoms with Crippen LogP contribution in [0, 0.1) is 0 Å². The Morgan fingerprint density at radius 1 is 0.882 bits per heavy atom. The molecule has 0 unspecified atom stereocenters. The molecule has 0 fully saturated rings. The lowest BCUT2D eigenvalue weighted by Crippen LogP contribution is -2.44. The molecule has 0 bridgehead atoms. The van der Waals surface area contributed by atoms with Gasteiger partial charge < -0.3 is 24.0 Å². The number of carbonyl (C=O) groups excluding carboxylic acids is 1. The Kier molecular flexibility index (Phi) is 7.52. The molecule has 0 N–H and O–H groups in total. The summed E-state index contributed by atoms with van der Waals surface area (Å²) >= 11 is 0. The zero-order valence-electron chi connectivity index (χ0n) is 20.0. The minimum atomic E-state index is -0.126. The van der Waals surface area contributed by atoms with Gasteiger partial charge in [0.25, 0.3) is 5.91 Å². The number of aromatic nitrogens is 1. The summed E-state index contributed by atoms with van der Waals surface area (Å²) in [6, 6.07) is 17.6. The molecule has 0 aliphatic carbocycles. The molecule has 34 heavy (non-hydrogen) atoms. The molecule has 1 amide bonds. The van der Waals surface area contributed by atoms with Gasteiger partial charge in [0.15, 0.2) is 17.3 Å². The molecule has 4 rings (SSSR count). The first kappa shape index (κ1) is 23.4. The van der Waals surface area contributed by atoms with E-state index in [4.69, 9.17) is 14.2 Å². The Balaban J connectivity index is 1.67. The maximum atomic E-state index is 13.7. The number of nitrogens with zero attached hydrogens (tertiary/aromatic N) is 3. The molecule has 3 aromatic rings. The largest absolute Gasteiger partial charge is 0.490 e. The number of carbonyl (C=O) groups is 1. The number of hydrogen-bond donors (Lipinski definition) is 0. The van der Waals surface area contributed by atoms with E-state index in [9.17, 15) is 4.79 Å². The third kappa shape index (κ3) is 4.93. The van der Waals surface area contributed by atoms with Crippen molar-refractivity contribution in [2.45, 2.75) is 27.3 Å². The minimum Gasteiger partial charge on any atom is -0.490 e. The molecule has 2 heterocycles. The first-order valence-electron chi connectivity index (χ1n) is 11.8. The van der Waals surface area contributed by atoms with E-state index in [2.05, 4.69) is 22.0 Å². The van der Waals surface area contributed by atoms with E-state index < -0.39 is 0 Å². The SMILES string of the molecule is CCOc1cc(C(=O)N2CCN(Cc3ccccc3)c3ncccc32)cc(OCC)c1OCC. The summed E-state index contributed by atoms with van der Waals surface area (Å²) in [4.78, 5) is 22.4. The predicted molar refractivity (Wildman–Crippen MR) is 133 cm³/mol. The second-order valence-electron chi connectivity index (χ2n) is 7.81. The summed E-state index contributed by atoms with van der Waals surface area (Å²) in [6.45, 7) is 9.04. The van der Waals surface area contributed by atoms with Crippen molar-refractivity contribution in [1.82, 2.24) is 4.98 Å². The van der Waals surface area contributed by atoms with Crippen molar-refractivity contribution >= 4 is 17.4 Å². The lowest BCUT2D eigenvalue weighted by molar-refractivity contribution is 0.0985. The Bertz CT molecular complexity index is 1090. The molecule has 1 aliphatic heterocycles. The number of benzene rings is 2. The lowest BCUT2D eigenvalue weighted by atomic mass is 10.1. The number of fused-ring (bicyclic) bond motifs is 1. The van der Waals surface area contributed by atoms with Crippen molar-refractivity contribution in [1.29, 1.82) is 0 Å². The molecule has 0 radical (unpaired) electrons. The number of amides is 1. The summed E-state index contributed by atoms with van der Waals surface area (Å²) in [5.41, 5.74) is 2.48. The fourth-order valence-corrected chi connectivity index (χ4v) is 4.13. The van der Waals surface area contributed by atoms with E-state index in [0.29, 0.717) is 55.7 Å². The average molecular weight is 462 g/mol. The fourth-order valence-electron chi connectivity index (χ4n) is 4.13. The van der Waals surface area contributed by atoms with Crippen LogP contribution >= 0.6 is 0 Å². The molecular weight excluding hydrogens is 430 g/mol. The van der Waals surface area contributed by atoms with Crippen LogP contribution in [0.1, 0.15) is 36.7 Å². The van der Waals surface area contributed by atoms with Crippen molar-refractivity contribution in [3.63, 3.8) is 0 Å². The summed E-state index contributed by atoms with van der Waals surface area (Å²) in [7, 11) is 0. The van der Waals surface area contributed by atoms with Crippen molar-refractivity contribution in [3.8, 4) is 17.2 Å². The molecule has 1 aliphatic rings. The van der Waals surface area contributed by atoms with Crippen molar-refractivity contribution in [3.05, 3.63) is 71.9 Å². The standard InChI is InChI=1S/C27H31N3O4/c1-4-32-23-17-21(18-24(33-5-2)25(23)34-6-3)27(31)30-16-15-29(19-20-11-8-7-9-12-20)26-22(30)13-10-14-28-26/h7-14,17-18H,4-6,15-16,19H2,1-3H3.